The van der Waals surface area contributed by atoms with Crippen LogP contribution in [0.15, 0.2) is 36.4 Å². The molecule has 0 atom stereocenters. The van der Waals surface area contributed by atoms with Crippen molar-refractivity contribution in [1.82, 2.24) is 4.98 Å². The second kappa shape index (κ2) is 7.01. The number of nitrogens with two attached hydrogens (primary N) is 1. The molecule has 0 aliphatic heterocycles. The van der Waals surface area contributed by atoms with Crippen LogP contribution in [0.4, 0.5) is 5.82 Å². The molecule has 1 aromatic carbocycles. The Morgan fingerprint density at radius 3 is 2.50 bits per heavy atom. The minimum atomic E-state index is 0.246. The standard InChI is InChI=1S/C15H17ClN2O2/c1-2-9-19-13-5-3-4-6-14(13)20-10-12-11(16)7-8-15(17)18-12/h3-8H,2,9-10H2,1H3,(H2,17,18). The first-order valence-corrected chi connectivity index (χ1v) is 6.84. The molecule has 0 bridgehead atoms. The second-order valence-electron chi connectivity index (χ2n) is 4.25. The van der Waals surface area contributed by atoms with Gasteiger partial charge >= 0.3 is 0 Å². The van der Waals surface area contributed by atoms with Gasteiger partial charge in [0.15, 0.2) is 11.5 Å². The predicted octanol–water partition coefficient (Wildman–Crippen LogP) is 3.69. The van der Waals surface area contributed by atoms with E-state index in [0.717, 1.165) is 12.2 Å². The molecule has 1 aromatic heterocycles. The van der Waals surface area contributed by atoms with Crippen LogP contribution in [0.5, 0.6) is 11.5 Å². The molecule has 2 rings (SSSR count). The van der Waals surface area contributed by atoms with Gasteiger partial charge in [-0.2, -0.15) is 0 Å². The number of hydrogen-bond donors (Lipinski definition) is 1. The third-order valence-corrected chi connectivity index (χ3v) is 2.96. The van der Waals surface area contributed by atoms with Gasteiger partial charge in [0.25, 0.3) is 0 Å². The summed E-state index contributed by atoms with van der Waals surface area (Å²) in [6, 6.07) is 10.9. The smallest absolute Gasteiger partial charge is 0.161 e. The lowest BCUT2D eigenvalue weighted by Gasteiger charge is -2.12. The van der Waals surface area contributed by atoms with Crippen LogP contribution in [0.25, 0.3) is 0 Å². The molecule has 0 amide bonds. The van der Waals surface area contributed by atoms with Crippen molar-refractivity contribution in [3.05, 3.63) is 47.1 Å². The van der Waals surface area contributed by atoms with Gasteiger partial charge in [0.1, 0.15) is 12.4 Å². The number of ether oxygens (including phenoxy) is 2. The number of para-hydroxylation sites is 2. The number of nitrogens with zero attached hydrogens (tertiary/aromatic N) is 1. The highest BCUT2D eigenvalue weighted by atomic mass is 35.5. The van der Waals surface area contributed by atoms with E-state index in [0.29, 0.717) is 28.9 Å². The third-order valence-electron chi connectivity index (χ3n) is 2.62. The monoisotopic (exact) mass is 292 g/mol. The van der Waals surface area contributed by atoms with Crippen molar-refractivity contribution < 1.29 is 9.47 Å². The van der Waals surface area contributed by atoms with Gasteiger partial charge in [-0.05, 0) is 30.7 Å². The first-order valence-electron chi connectivity index (χ1n) is 6.46. The zero-order valence-electron chi connectivity index (χ0n) is 11.3. The quantitative estimate of drug-likeness (QED) is 0.882. The summed E-state index contributed by atoms with van der Waals surface area (Å²) < 4.78 is 11.4. The van der Waals surface area contributed by atoms with Gasteiger partial charge in [-0.25, -0.2) is 4.98 Å². The Morgan fingerprint density at radius 2 is 1.80 bits per heavy atom. The lowest BCUT2D eigenvalue weighted by Crippen LogP contribution is -2.03. The molecule has 4 nitrogen and oxygen atoms in total. The topological polar surface area (TPSA) is 57.4 Å². The van der Waals surface area contributed by atoms with E-state index in [1.807, 2.05) is 24.3 Å². The first kappa shape index (κ1) is 14.5. The number of pyridine rings is 1. The van der Waals surface area contributed by atoms with E-state index in [1.54, 1.807) is 12.1 Å². The van der Waals surface area contributed by atoms with Crippen LogP contribution in [0.1, 0.15) is 19.0 Å². The summed E-state index contributed by atoms with van der Waals surface area (Å²) in [7, 11) is 0. The zero-order valence-corrected chi connectivity index (χ0v) is 12.1. The van der Waals surface area contributed by atoms with Gasteiger partial charge in [0.2, 0.25) is 0 Å². The largest absolute Gasteiger partial charge is 0.490 e. The maximum absolute atomic E-state index is 6.06. The Bertz CT molecular complexity index is 576. The minimum absolute atomic E-state index is 0.246. The van der Waals surface area contributed by atoms with Crippen LogP contribution in [0.2, 0.25) is 5.02 Å². The highest BCUT2D eigenvalue weighted by Gasteiger charge is 2.07. The molecule has 1 heterocycles. The number of halogens is 1. The maximum atomic E-state index is 6.06. The lowest BCUT2D eigenvalue weighted by molar-refractivity contribution is 0.259. The Hall–Kier alpha value is -1.94. The van der Waals surface area contributed by atoms with Crippen LogP contribution in [-0.2, 0) is 6.61 Å². The molecule has 5 heteroatoms. The summed E-state index contributed by atoms with van der Waals surface area (Å²) in [5, 5.41) is 0.533. The molecular weight excluding hydrogens is 276 g/mol. The molecule has 2 N–H and O–H groups in total. The average Bonchev–Trinajstić information content (AvgIpc) is 2.47. The fourth-order valence-electron chi connectivity index (χ4n) is 1.65. The molecule has 0 unspecified atom stereocenters. The van der Waals surface area contributed by atoms with E-state index in [-0.39, 0.29) is 6.61 Å². The van der Waals surface area contributed by atoms with E-state index in [4.69, 9.17) is 26.8 Å². The van der Waals surface area contributed by atoms with Crippen LogP contribution >= 0.6 is 11.6 Å². The summed E-state index contributed by atoms with van der Waals surface area (Å²) in [6.45, 7) is 2.95. The zero-order chi connectivity index (χ0) is 14.4. The number of hydrogen-bond acceptors (Lipinski definition) is 4. The molecule has 0 saturated carbocycles. The average molecular weight is 293 g/mol. The highest BCUT2D eigenvalue weighted by molar-refractivity contribution is 6.31. The van der Waals surface area contributed by atoms with E-state index in [9.17, 15) is 0 Å². The highest BCUT2D eigenvalue weighted by Crippen LogP contribution is 2.28. The Labute approximate surface area is 123 Å². The van der Waals surface area contributed by atoms with Gasteiger partial charge in [-0.15, -0.1) is 0 Å². The van der Waals surface area contributed by atoms with Gasteiger partial charge in [0.05, 0.1) is 17.3 Å². The number of nitrogen functional groups attached to an aromatic ring is 1. The fourth-order valence-corrected chi connectivity index (χ4v) is 1.81. The van der Waals surface area contributed by atoms with Crippen molar-refractivity contribution in [3.8, 4) is 11.5 Å². The van der Waals surface area contributed by atoms with Crippen LogP contribution in [0.3, 0.4) is 0 Å². The van der Waals surface area contributed by atoms with Gasteiger partial charge in [-0.3, -0.25) is 0 Å². The number of aromatic nitrogens is 1. The molecule has 2 aromatic rings. The summed E-state index contributed by atoms with van der Waals surface area (Å²) >= 11 is 6.06. The van der Waals surface area contributed by atoms with Crippen molar-refractivity contribution in [2.24, 2.45) is 0 Å². The van der Waals surface area contributed by atoms with E-state index in [2.05, 4.69) is 11.9 Å². The molecule has 0 aliphatic rings. The maximum Gasteiger partial charge on any atom is 0.161 e. The van der Waals surface area contributed by atoms with Gasteiger partial charge < -0.3 is 15.2 Å². The molecule has 0 fully saturated rings. The Balaban J connectivity index is 2.08. The summed E-state index contributed by atoms with van der Waals surface area (Å²) in [5.74, 6) is 1.80. The van der Waals surface area contributed by atoms with Crippen LogP contribution < -0.4 is 15.2 Å². The van der Waals surface area contributed by atoms with E-state index in [1.165, 1.54) is 0 Å². The Kier molecular flexibility index (Phi) is 5.07. The summed E-state index contributed by atoms with van der Waals surface area (Å²) in [6.07, 6.45) is 0.941. The van der Waals surface area contributed by atoms with Crippen LogP contribution in [-0.4, -0.2) is 11.6 Å². The normalized spacial score (nSPS) is 10.3. The summed E-state index contributed by atoms with van der Waals surface area (Å²) in [5.41, 5.74) is 6.25. The number of rotatable bonds is 6. The third kappa shape index (κ3) is 3.78. The molecular formula is C15H17ClN2O2. The van der Waals surface area contributed by atoms with E-state index < -0.39 is 0 Å². The SMILES string of the molecule is CCCOc1ccccc1OCc1nc(N)ccc1Cl. The van der Waals surface area contributed by atoms with Gasteiger partial charge in [-0.1, -0.05) is 30.7 Å². The van der Waals surface area contributed by atoms with Crippen molar-refractivity contribution in [2.75, 3.05) is 12.3 Å². The van der Waals surface area contributed by atoms with Crippen molar-refractivity contribution in [1.29, 1.82) is 0 Å². The van der Waals surface area contributed by atoms with Crippen molar-refractivity contribution in [3.63, 3.8) is 0 Å². The lowest BCUT2D eigenvalue weighted by atomic mass is 10.3. The second-order valence-corrected chi connectivity index (χ2v) is 4.66. The predicted molar refractivity (Wildman–Crippen MR) is 80.2 cm³/mol. The first-order chi connectivity index (χ1) is 9.70. The molecule has 106 valence electrons. The minimum Gasteiger partial charge on any atom is -0.490 e. The molecule has 0 aliphatic carbocycles. The number of benzene rings is 1. The fraction of sp³-hybridized carbons (Fsp3) is 0.267. The van der Waals surface area contributed by atoms with Crippen molar-refractivity contribution in [2.45, 2.75) is 20.0 Å². The molecule has 0 saturated heterocycles. The van der Waals surface area contributed by atoms with Gasteiger partial charge in [0, 0.05) is 0 Å². The van der Waals surface area contributed by atoms with Crippen molar-refractivity contribution >= 4 is 17.4 Å². The molecule has 0 radical (unpaired) electrons. The molecule has 20 heavy (non-hydrogen) atoms. The number of anilines is 1. The van der Waals surface area contributed by atoms with Crippen LogP contribution in [0, 0.1) is 0 Å². The summed E-state index contributed by atoms with van der Waals surface area (Å²) in [4.78, 5) is 4.16. The van der Waals surface area contributed by atoms with E-state index >= 15 is 0 Å². The molecule has 0 spiro atoms. The Morgan fingerprint density at radius 1 is 1.10 bits per heavy atom.